The number of fused-ring (bicyclic) bond motifs is 2. The molecule has 0 bridgehead atoms. The maximum Gasteiger partial charge on any atom is 0.226 e. The van der Waals surface area contributed by atoms with Crippen molar-refractivity contribution in [1.82, 2.24) is 4.98 Å². The summed E-state index contributed by atoms with van der Waals surface area (Å²) in [5.74, 6) is 1.93. The molecule has 0 spiro atoms. The molecule has 0 saturated heterocycles. The summed E-state index contributed by atoms with van der Waals surface area (Å²) < 4.78 is 11.6. The number of nitrogens with zero attached hydrogens (tertiary/aromatic N) is 1. The zero-order valence-corrected chi connectivity index (χ0v) is 9.17. The van der Waals surface area contributed by atoms with Gasteiger partial charge in [-0.1, -0.05) is 12.1 Å². The number of hydrogen-bond donors (Lipinski definition) is 1. The minimum atomic E-state index is -0.220. The third-order valence-electron chi connectivity index (χ3n) is 2.69. The number of hydrogen-bond acceptors (Lipinski definition) is 4. The predicted molar refractivity (Wildman–Crippen MR) is 63.2 cm³/mol. The molecule has 0 saturated carbocycles. The molecular formula is C13H12N2O2. The number of aromatic nitrogens is 1. The van der Waals surface area contributed by atoms with Gasteiger partial charge in [-0.05, 0) is 24.3 Å². The molecule has 2 N–H and O–H groups in total. The van der Waals surface area contributed by atoms with E-state index in [1.807, 2.05) is 36.4 Å². The summed E-state index contributed by atoms with van der Waals surface area (Å²) in [6.07, 6.45) is 1.47. The van der Waals surface area contributed by atoms with Crippen LogP contribution in [0.15, 0.2) is 42.6 Å². The number of rotatable bonds is 1. The van der Waals surface area contributed by atoms with E-state index in [-0.39, 0.29) is 6.10 Å². The van der Waals surface area contributed by atoms with Crippen LogP contribution in [0, 0.1) is 0 Å². The summed E-state index contributed by atoms with van der Waals surface area (Å²) in [7, 11) is 0. The smallest absolute Gasteiger partial charge is 0.226 e. The number of ether oxygens (including phenoxy) is 2. The fraction of sp³-hybridized carbons (Fsp3) is 0.154. The Morgan fingerprint density at radius 1 is 1.12 bits per heavy atom. The van der Waals surface area contributed by atoms with Crippen molar-refractivity contribution in [2.75, 3.05) is 6.54 Å². The first-order valence-electron chi connectivity index (χ1n) is 5.47. The lowest BCUT2D eigenvalue weighted by molar-refractivity contribution is 0.216. The highest BCUT2D eigenvalue weighted by atomic mass is 16.5. The molecule has 0 amide bonds. The van der Waals surface area contributed by atoms with Gasteiger partial charge in [0.1, 0.15) is 6.10 Å². The molecule has 0 unspecified atom stereocenters. The van der Waals surface area contributed by atoms with Gasteiger partial charge in [-0.25, -0.2) is 4.98 Å². The van der Waals surface area contributed by atoms with Crippen molar-refractivity contribution in [3.8, 4) is 17.4 Å². The Morgan fingerprint density at radius 3 is 2.76 bits per heavy atom. The maximum atomic E-state index is 5.84. The van der Waals surface area contributed by atoms with Gasteiger partial charge in [-0.15, -0.1) is 0 Å². The van der Waals surface area contributed by atoms with Gasteiger partial charge >= 0.3 is 0 Å². The molecule has 2 aromatic rings. The second-order valence-electron chi connectivity index (χ2n) is 3.79. The summed E-state index contributed by atoms with van der Waals surface area (Å²) in [4.78, 5) is 4.22. The van der Waals surface area contributed by atoms with Crippen LogP contribution in [0.2, 0.25) is 0 Å². The van der Waals surface area contributed by atoms with Crippen molar-refractivity contribution in [2.24, 2.45) is 5.73 Å². The molecule has 1 aliphatic heterocycles. The van der Waals surface area contributed by atoms with Gasteiger partial charge < -0.3 is 15.2 Å². The summed E-state index contributed by atoms with van der Waals surface area (Å²) >= 11 is 0. The quantitative estimate of drug-likeness (QED) is 0.813. The van der Waals surface area contributed by atoms with Crippen LogP contribution >= 0.6 is 0 Å². The highest BCUT2D eigenvalue weighted by molar-refractivity contribution is 5.46. The lowest BCUT2D eigenvalue weighted by Crippen LogP contribution is -2.17. The van der Waals surface area contributed by atoms with Gasteiger partial charge in [-0.3, -0.25) is 0 Å². The third-order valence-corrected chi connectivity index (χ3v) is 2.69. The monoisotopic (exact) mass is 228 g/mol. The van der Waals surface area contributed by atoms with E-state index in [1.165, 1.54) is 0 Å². The molecular weight excluding hydrogens is 216 g/mol. The van der Waals surface area contributed by atoms with Gasteiger partial charge in [0, 0.05) is 12.7 Å². The van der Waals surface area contributed by atoms with E-state index in [9.17, 15) is 0 Å². The minimum absolute atomic E-state index is 0.220. The molecule has 1 atom stereocenters. The first-order valence-corrected chi connectivity index (χ1v) is 5.47. The predicted octanol–water partition coefficient (Wildman–Crippen LogP) is 2.27. The van der Waals surface area contributed by atoms with E-state index in [1.54, 1.807) is 6.20 Å². The van der Waals surface area contributed by atoms with Gasteiger partial charge in [0.25, 0.3) is 0 Å². The normalized spacial score (nSPS) is 17.1. The lowest BCUT2D eigenvalue weighted by atomic mass is 10.1. The van der Waals surface area contributed by atoms with Crippen LogP contribution in [-0.4, -0.2) is 11.5 Å². The van der Waals surface area contributed by atoms with Crippen LogP contribution in [0.25, 0.3) is 0 Å². The Hall–Kier alpha value is -2.07. The summed E-state index contributed by atoms with van der Waals surface area (Å²) in [6.45, 7) is 0.385. The topological polar surface area (TPSA) is 57.4 Å². The maximum absolute atomic E-state index is 5.84. The van der Waals surface area contributed by atoms with Crippen molar-refractivity contribution in [1.29, 1.82) is 0 Å². The van der Waals surface area contributed by atoms with E-state index >= 15 is 0 Å². The second kappa shape index (κ2) is 4.07. The van der Waals surface area contributed by atoms with E-state index in [2.05, 4.69) is 4.98 Å². The van der Waals surface area contributed by atoms with E-state index in [4.69, 9.17) is 15.2 Å². The largest absolute Gasteiger partial charge is 0.480 e. The molecule has 4 heteroatoms. The lowest BCUT2D eigenvalue weighted by Gasteiger charge is -2.15. The molecule has 0 fully saturated rings. The zero-order chi connectivity index (χ0) is 11.7. The molecule has 0 radical (unpaired) electrons. The molecule has 3 rings (SSSR count). The first-order chi connectivity index (χ1) is 8.38. The minimum Gasteiger partial charge on any atom is -0.480 e. The average molecular weight is 228 g/mol. The second-order valence-corrected chi connectivity index (χ2v) is 3.79. The molecule has 1 aliphatic rings. The Bertz CT molecular complexity index is 542. The van der Waals surface area contributed by atoms with Crippen molar-refractivity contribution in [3.05, 3.63) is 48.2 Å². The number of nitrogens with two attached hydrogens (primary N) is 1. The number of benzene rings is 1. The van der Waals surface area contributed by atoms with Gasteiger partial charge in [0.05, 0.1) is 5.56 Å². The Kier molecular flexibility index (Phi) is 2.42. The SMILES string of the molecule is NC[C@H]1Oc2ccccc2Oc2ncccc21. The highest BCUT2D eigenvalue weighted by Crippen LogP contribution is 2.39. The van der Waals surface area contributed by atoms with Crippen molar-refractivity contribution < 1.29 is 9.47 Å². The number of pyridine rings is 1. The summed E-state index contributed by atoms with van der Waals surface area (Å²) in [5, 5.41) is 0. The molecule has 86 valence electrons. The fourth-order valence-corrected chi connectivity index (χ4v) is 1.86. The molecule has 1 aromatic heterocycles. The average Bonchev–Trinajstić information content (AvgIpc) is 2.54. The first kappa shape index (κ1) is 10.1. The fourth-order valence-electron chi connectivity index (χ4n) is 1.86. The zero-order valence-electron chi connectivity index (χ0n) is 9.17. The Morgan fingerprint density at radius 2 is 1.94 bits per heavy atom. The molecule has 17 heavy (non-hydrogen) atoms. The summed E-state index contributed by atoms with van der Waals surface area (Å²) in [6, 6.07) is 11.3. The van der Waals surface area contributed by atoms with Crippen LogP contribution in [-0.2, 0) is 0 Å². The Balaban J connectivity index is 2.13. The molecule has 4 nitrogen and oxygen atoms in total. The Labute approximate surface area is 99.0 Å². The van der Waals surface area contributed by atoms with E-state index in [0.717, 1.165) is 5.56 Å². The van der Waals surface area contributed by atoms with Gasteiger partial charge in [-0.2, -0.15) is 0 Å². The standard InChI is InChI=1S/C13H12N2O2/c14-8-12-9-4-3-7-15-13(9)17-11-6-2-1-5-10(11)16-12/h1-7,12H,8,14H2/t12-/m1/s1. The van der Waals surface area contributed by atoms with Gasteiger partial charge in [0.15, 0.2) is 11.5 Å². The highest BCUT2D eigenvalue weighted by Gasteiger charge is 2.23. The van der Waals surface area contributed by atoms with Crippen LogP contribution in [0.1, 0.15) is 11.7 Å². The van der Waals surface area contributed by atoms with Crippen LogP contribution in [0.3, 0.4) is 0 Å². The van der Waals surface area contributed by atoms with Crippen LogP contribution in [0.4, 0.5) is 0 Å². The van der Waals surface area contributed by atoms with Crippen LogP contribution in [0.5, 0.6) is 17.4 Å². The van der Waals surface area contributed by atoms with Crippen molar-refractivity contribution in [3.63, 3.8) is 0 Å². The number of para-hydroxylation sites is 2. The summed E-state index contributed by atoms with van der Waals surface area (Å²) in [5.41, 5.74) is 6.62. The van der Waals surface area contributed by atoms with E-state index in [0.29, 0.717) is 23.9 Å². The molecule has 0 aliphatic carbocycles. The molecule has 1 aromatic carbocycles. The molecule has 2 heterocycles. The van der Waals surface area contributed by atoms with Crippen LogP contribution < -0.4 is 15.2 Å². The van der Waals surface area contributed by atoms with E-state index < -0.39 is 0 Å². The third kappa shape index (κ3) is 1.72. The van der Waals surface area contributed by atoms with Crippen molar-refractivity contribution in [2.45, 2.75) is 6.10 Å². The van der Waals surface area contributed by atoms with Gasteiger partial charge in [0.2, 0.25) is 5.88 Å². The van der Waals surface area contributed by atoms with Crippen molar-refractivity contribution >= 4 is 0 Å².